The lowest BCUT2D eigenvalue weighted by molar-refractivity contribution is -0.147. The normalized spacial score (nSPS) is 12.6. The molecule has 0 aliphatic heterocycles. The summed E-state index contributed by atoms with van der Waals surface area (Å²) in [6.07, 6.45) is 16.3. The third-order valence-corrected chi connectivity index (χ3v) is 5.59. The number of ketones is 1. The minimum atomic E-state index is -0.702. The molecule has 4 heteroatoms. The van der Waals surface area contributed by atoms with E-state index in [0.29, 0.717) is 13.0 Å². The van der Waals surface area contributed by atoms with Gasteiger partial charge in [0.25, 0.3) is 0 Å². The lowest BCUT2D eigenvalue weighted by Crippen LogP contribution is -2.19. The zero-order chi connectivity index (χ0) is 28.5. The highest BCUT2D eigenvalue weighted by molar-refractivity contribution is 5.93. The topological polar surface area (TPSA) is 63.6 Å². The molecule has 0 aliphatic rings. The van der Waals surface area contributed by atoms with E-state index in [0.717, 1.165) is 37.7 Å². The van der Waals surface area contributed by atoms with Crippen LogP contribution in [0, 0.1) is 5.92 Å². The van der Waals surface area contributed by atoms with Crippen molar-refractivity contribution in [2.24, 2.45) is 5.92 Å². The van der Waals surface area contributed by atoms with Crippen molar-refractivity contribution in [1.29, 1.82) is 0 Å². The zero-order valence-corrected chi connectivity index (χ0v) is 24.7. The number of unbranched alkanes of at least 4 members (excludes halogenated alkanes) is 3. The summed E-state index contributed by atoms with van der Waals surface area (Å²) in [5.74, 6) is 0.245. The molecule has 0 fully saturated rings. The van der Waals surface area contributed by atoms with Crippen molar-refractivity contribution in [1.82, 2.24) is 0 Å². The van der Waals surface area contributed by atoms with E-state index in [9.17, 15) is 14.7 Å². The highest BCUT2D eigenvalue weighted by Crippen LogP contribution is 2.13. The van der Waals surface area contributed by atoms with E-state index >= 15 is 0 Å². The number of carbonyl (C=O) groups is 2. The maximum Gasteiger partial charge on any atom is 0.308 e. The summed E-state index contributed by atoms with van der Waals surface area (Å²) in [7, 11) is 0. The van der Waals surface area contributed by atoms with Gasteiger partial charge in [-0.3, -0.25) is 9.59 Å². The standard InChI is InChI=1S/C15H20O.C10H18O.C8H16O2/c1-2-3-4-8-11-15(16)13-12-14-9-6-5-7-10-14;1-5-10(4,11)8-6-7-9(2)3;1-4-6-7(3)8(9)10-5-2/h5-7,9-10,12-13H,2-4,8,11H2,1H3;5,7,11H,1,6,8H2,2-4H3;7H,4-6H2,1-3H3/b13-12+;;. The number of ether oxygens (including phenoxy) is 1. The first-order valence-corrected chi connectivity index (χ1v) is 13.9. The second-order valence-electron chi connectivity index (χ2n) is 9.84. The molecule has 37 heavy (non-hydrogen) atoms. The molecule has 1 aromatic carbocycles. The summed E-state index contributed by atoms with van der Waals surface area (Å²) in [5, 5.41) is 9.49. The minimum Gasteiger partial charge on any atom is -0.466 e. The molecule has 0 heterocycles. The van der Waals surface area contributed by atoms with Gasteiger partial charge in [-0.15, -0.1) is 6.58 Å². The van der Waals surface area contributed by atoms with Gasteiger partial charge >= 0.3 is 5.97 Å². The van der Waals surface area contributed by atoms with Crippen LogP contribution in [0.2, 0.25) is 0 Å². The second kappa shape index (κ2) is 23.9. The largest absolute Gasteiger partial charge is 0.466 e. The van der Waals surface area contributed by atoms with Crippen LogP contribution in [0.3, 0.4) is 0 Å². The number of rotatable bonds is 15. The Bertz CT molecular complexity index is 771. The number of esters is 1. The van der Waals surface area contributed by atoms with Crippen molar-refractivity contribution in [3.63, 3.8) is 0 Å². The molecule has 0 amide bonds. The van der Waals surface area contributed by atoms with Gasteiger partial charge in [-0.05, 0) is 65.0 Å². The molecule has 0 spiro atoms. The van der Waals surface area contributed by atoms with Crippen LogP contribution in [0.1, 0.15) is 112 Å². The molecule has 1 rings (SSSR count). The van der Waals surface area contributed by atoms with Crippen LogP contribution in [-0.2, 0) is 14.3 Å². The van der Waals surface area contributed by atoms with E-state index in [4.69, 9.17) is 4.74 Å². The van der Waals surface area contributed by atoms with Gasteiger partial charge in [-0.25, -0.2) is 0 Å². The fourth-order valence-electron chi connectivity index (χ4n) is 3.15. The number of carbonyl (C=O) groups excluding carboxylic acids is 2. The number of hydrogen-bond acceptors (Lipinski definition) is 4. The molecule has 0 aromatic heterocycles. The smallest absolute Gasteiger partial charge is 0.308 e. The summed E-state index contributed by atoms with van der Waals surface area (Å²) in [6.45, 7) is 17.9. The molecule has 4 nitrogen and oxygen atoms in total. The maximum atomic E-state index is 11.5. The number of benzene rings is 1. The number of aliphatic hydroxyl groups is 1. The monoisotopic (exact) mass is 514 g/mol. The first-order valence-electron chi connectivity index (χ1n) is 13.9. The predicted molar refractivity (Wildman–Crippen MR) is 159 cm³/mol. The van der Waals surface area contributed by atoms with E-state index in [1.54, 1.807) is 19.1 Å². The minimum absolute atomic E-state index is 0.0654. The van der Waals surface area contributed by atoms with E-state index in [1.165, 1.54) is 24.8 Å². The molecular formula is C33H54O4. The molecule has 0 radical (unpaired) electrons. The first kappa shape index (κ1) is 36.7. The van der Waals surface area contributed by atoms with Gasteiger partial charge in [-0.2, -0.15) is 0 Å². The van der Waals surface area contributed by atoms with Gasteiger partial charge in [0.15, 0.2) is 5.78 Å². The highest BCUT2D eigenvalue weighted by Gasteiger charge is 2.13. The summed E-state index contributed by atoms with van der Waals surface area (Å²) in [6, 6.07) is 9.93. The molecule has 210 valence electrons. The van der Waals surface area contributed by atoms with Gasteiger partial charge in [-0.1, -0.05) is 101 Å². The molecule has 1 N–H and O–H groups in total. The van der Waals surface area contributed by atoms with Crippen LogP contribution in [0.15, 0.2) is 60.7 Å². The molecule has 0 aliphatic carbocycles. The van der Waals surface area contributed by atoms with Crippen molar-refractivity contribution in [2.75, 3.05) is 6.61 Å². The third kappa shape index (κ3) is 25.0. The number of hydrogen-bond donors (Lipinski definition) is 1. The van der Waals surface area contributed by atoms with Gasteiger partial charge in [0.05, 0.1) is 18.1 Å². The quantitative estimate of drug-likeness (QED) is 0.110. The molecule has 2 atom stereocenters. The van der Waals surface area contributed by atoms with E-state index in [1.807, 2.05) is 50.3 Å². The highest BCUT2D eigenvalue weighted by atomic mass is 16.5. The Morgan fingerprint density at radius 3 is 2.22 bits per heavy atom. The molecule has 0 saturated heterocycles. The second-order valence-corrected chi connectivity index (χ2v) is 9.84. The van der Waals surface area contributed by atoms with Crippen molar-refractivity contribution in [3.05, 3.63) is 66.3 Å². The zero-order valence-electron chi connectivity index (χ0n) is 24.7. The molecule has 0 saturated carbocycles. The van der Waals surface area contributed by atoms with Crippen molar-refractivity contribution >= 4 is 17.8 Å². The molecule has 2 unspecified atom stereocenters. The summed E-state index contributed by atoms with van der Waals surface area (Å²) in [4.78, 5) is 22.4. The Kier molecular flexibility index (Phi) is 23.7. The maximum absolute atomic E-state index is 11.5. The van der Waals surface area contributed by atoms with Crippen molar-refractivity contribution < 1.29 is 19.4 Å². The van der Waals surface area contributed by atoms with E-state index < -0.39 is 5.60 Å². The Morgan fingerprint density at radius 2 is 1.70 bits per heavy atom. The van der Waals surface area contributed by atoms with Gasteiger partial charge in [0.1, 0.15) is 0 Å². The predicted octanol–water partition coefficient (Wildman–Crippen LogP) is 8.89. The van der Waals surface area contributed by atoms with Crippen LogP contribution in [-0.4, -0.2) is 29.1 Å². The van der Waals surface area contributed by atoms with E-state index in [2.05, 4.69) is 40.3 Å². The summed E-state index contributed by atoms with van der Waals surface area (Å²) < 4.78 is 4.82. The Morgan fingerprint density at radius 1 is 1.05 bits per heavy atom. The van der Waals surface area contributed by atoms with Crippen molar-refractivity contribution in [3.8, 4) is 0 Å². The van der Waals surface area contributed by atoms with Gasteiger partial charge in [0, 0.05) is 6.42 Å². The van der Waals surface area contributed by atoms with Crippen LogP contribution >= 0.6 is 0 Å². The average molecular weight is 515 g/mol. The Balaban J connectivity index is 0. The van der Waals surface area contributed by atoms with Crippen LogP contribution in [0.25, 0.3) is 6.08 Å². The molecule has 1 aromatic rings. The summed E-state index contributed by atoms with van der Waals surface area (Å²) in [5.41, 5.74) is 1.68. The van der Waals surface area contributed by atoms with Gasteiger partial charge < -0.3 is 9.84 Å². The fraction of sp³-hybridized carbons (Fsp3) is 0.576. The number of allylic oxidation sites excluding steroid dienone is 3. The first-order chi connectivity index (χ1) is 17.5. The van der Waals surface area contributed by atoms with Crippen LogP contribution in [0.4, 0.5) is 0 Å². The lowest BCUT2D eigenvalue weighted by Gasteiger charge is -2.16. The van der Waals surface area contributed by atoms with Gasteiger partial charge in [0.2, 0.25) is 0 Å². The van der Waals surface area contributed by atoms with E-state index in [-0.39, 0.29) is 17.7 Å². The third-order valence-electron chi connectivity index (χ3n) is 5.59. The Labute approximate surface area is 227 Å². The Hall–Kier alpha value is -2.46. The summed E-state index contributed by atoms with van der Waals surface area (Å²) >= 11 is 0. The average Bonchev–Trinajstić information content (AvgIpc) is 2.87. The molecule has 0 bridgehead atoms. The van der Waals surface area contributed by atoms with Crippen LogP contribution in [0.5, 0.6) is 0 Å². The van der Waals surface area contributed by atoms with Crippen molar-refractivity contribution in [2.45, 2.75) is 112 Å². The lowest BCUT2D eigenvalue weighted by atomic mass is 10.00. The van der Waals surface area contributed by atoms with Crippen LogP contribution < -0.4 is 0 Å². The molecular weight excluding hydrogens is 460 g/mol. The fourth-order valence-corrected chi connectivity index (χ4v) is 3.15. The SMILES string of the molecule is C=CC(C)(O)CCC=C(C)C.CCCC(C)C(=O)OCC.CCCCCCC(=O)/C=C/c1ccccc1.